The van der Waals surface area contributed by atoms with Gasteiger partial charge in [-0.1, -0.05) is 18.7 Å². The Labute approximate surface area is 185 Å². The zero-order valence-electron chi connectivity index (χ0n) is 17.3. The molecule has 4 N–H and O–H groups in total. The van der Waals surface area contributed by atoms with Crippen molar-refractivity contribution in [2.24, 2.45) is 5.14 Å². The van der Waals surface area contributed by atoms with Crippen LogP contribution in [-0.4, -0.2) is 27.3 Å². The lowest BCUT2D eigenvalue weighted by molar-refractivity contribution is -0.126. The molecule has 0 aliphatic carbocycles. The first kappa shape index (κ1) is 20.9. The number of fused-ring (bicyclic) bond motifs is 1. The molecule has 1 aliphatic heterocycles. The zero-order valence-corrected chi connectivity index (χ0v) is 18.1. The molecule has 3 aromatic rings. The van der Waals surface area contributed by atoms with Crippen LogP contribution in [0.3, 0.4) is 0 Å². The Morgan fingerprint density at radius 2 is 2.03 bits per heavy atom. The molecule has 4 rings (SSSR count). The Morgan fingerprint density at radius 3 is 2.84 bits per heavy atom. The fourth-order valence-corrected chi connectivity index (χ4v) is 3.84. The van der Waals surface area contributed by atoms with Gasteiger partial charge in [0.25, 0.3) is 0 Å². The van der Waals surface area contributed by atoms with Crippen LogP contribution in [0.25, 0.3) is 0 Å². The number of benzene rings is 2. The summed E-state index contributed by atoms with van der Waals surface area (Å²) in [7, 11) is 0. The lowest BCUT2D eigenvalue weighted by Gasteiger charge is -2.28. The minimum atomic E-state index is -0.0277. The van der Waals surface area contributed by atoms with Crippen LogP contribution in [-0.2, 0) is 17.8 Å². The van der Waals surface area contributed by atoms with E-state index in [1.807, 2.05) is 42.2 Å². The maximum atomic E-state index is 11.9. The van der Waals surface area contributed by atoms with Gasteiger partial charge < -0.3 is 15.5 Å². The Bertz CT molecular complexity index is 1130. The van der Waals surface area contributed by atoms with Crippen LogP contribution in [0.2, 0.25) is 0 Å². The number of aryl methyl sites for hydroxylation is 1. The van der Waals surface area contributed by atoms with Gasteiger partial charge in [-0.2, -0.15) is 4.98 Å². The summed E-state index contributed by atoms with van der Waals surface area (Å²) in [4.78, 5) is 23.7. The molecule has 1 aromatic heterocycles. The third kappa shape index (κ3) is 4.87. The number of nitrogens with one attached hydrogen (secondary N) is 2. The number of carbonyl (C=O) groups excluding carboxylic acids is 1. The number of rotatable bonds is 6. The number of nitrogens with zero attached hydrogens (tertiary/aromatic N) is 3. The first-order valence-electron chi connectivity index (χ1n) is 9.93. The third-order valence-electron chi connectivity index (χ3n) is 5.17. The molecule has 0 saturated heterocycles. The van der Waals surface area contributed by atoms with Gasteiger partial charge in [-0.25, -0.2) is 4.98 Å². The smallest absolute Gasteiger partial charge is 0.246 e. The van der Waals surface area contributed by atoms with E-state index < -0.39 is 0 Å². The number of amides is 1. The van der Waals surface area contributed by atoms with E-state index in [-0.39, 0.29) is 5.91 Å². The monoisotopic (exact) mass is 432 g/mol. The fraction of sp³-hybridized carbons (Fsp3) is 0.174. The summed E-state index contributed by atoms with van der Waals surface area (Å²) in [6.07, 6.45) is 3.97. The van der Waals surface area contributed by atoms with E-state index in [4.69, 9.17) is 5.14 Å². The molecule has 0 atom stereocenters. The van der Waals surface area contributed by atoms with Crippen molar-refractivity contribution in [3.63, 3.8) is 0 Å². The van der Waals surface area contributed by atoms with Gasteiger partial charge in [0.05, 0.1) is 0 Å². The van der Waals surface area contributed by atoms with Gasteiger partial charge in [0.2, 0.25) is 11.9 Å². The molecule has 2 heterocycles. The van der Waals surface area contributed by atoms with Crippen LogP contribution in [0.5, 0.6) is 0 Å². The molecule has 2 aromatic carbocycles. The van der Waals surface area contributed by atoms with E-state index in [1.165, 1.54) is 23.6 Å². The summed E-state index contributed by atoms with van der Waals surface area (Å²) < 4.78 is 0. The second kappa shape index (κ2) is 9.20. The highest BCUT2D eigenvalue weighted by molar-refractivity contribution is 7.97. The maximum Gasteiger partial charge on any atom is 0.246 e. The van der Waals surface area contributed by atoms with Crippen LogP contribution in [0, 0.1) is 6.92 Å². The van der Waals surface area contributed by atoms with E-state index in [0.29, 0.717) is 19.0 Å². The van der Waals surface area contributed by atoms with Gasteiger partial charge in [-0.05, 0) is 72.8 Å². The molecule has 158 valence electrons. The predicted molar refractivity (Wildman–Crippen MR) is 126 cm³/mol. The van der Waals surface area contributed by atoms with Crippen LogP contribution < -0.4 is 15.8 Å². The average molecular weight is 433 g/mol. The van der Waals surface area contributed by atoms with E-state index >= 15 is 0 Å². The van der Waals surface area contributed by atoms with Crippen molar-refractivity contribution in [2.75, 3.05) is 17.2 Å². The Balaban J connectivity index is 1.51. The molecule has 0 spiro atoms. The molecule has 1 aliphatic rings. The first-order chi connectivity index (χ1) is 15.1. The van der Waals surface area contributed by atoms with Crippen LogP contribution >= 0.6 is 11.9 Å². The largest absolute Gasteiger partial charge is 0.340 e. The van der Waals surface area contributed by atoms with Crippen molar-refractivity contribution in [3.8, 4) is 0 Å². The Morgan fingerprint density at radius 1 is 1.19 bits per heavy atom. The van der Waals surface area contributed by atoms with Crippen molar-refractivity contribution >= 4 is 41.0 Å². The van der Waals surface area contributed by atoms with E-state index in [2.05, 4.69) is 39.3 Å². The molecule has 1 amide bonds. The van der Waals surface area contributed by atoms with Gasteiger partial charge in [0.15, 0.2) is 0 Å². The summed E-state index contributed by atoms with van der Waals surface area (Å²) in [6.45, 7) is 6.85. The van der Waals surface area contributed by atoms with Crippen molar-refractivity contribution in [1.82, 2.24) is 14.9 Å². The fourth-order valence-electron chi connectivity index (χ4n) is 3.49. The van der Waals surface area contributed by atoms with E-state index in [9.17, 15) is 4.79 Å². The molecule has 0 radical (unpaired) electrons. The highest BCUT2D eigenvalue weighted by atomic mass is 32.2. The van der Waals surface area contributed by atoms with Crippen molar-refractivity contribution < 1.29 is 4.79 Å². The predicted octanol–water partition coefficient (Wildman–Crippen LogP) is 4.31. The number of carbonyl (C=O) groups is 1. The minimum Gasteiger partial charge on any atom is -0.340 e. The van der Waals surface area contributed by atoms with Crippen molar-refractivity contribution in [2.45, 2.75) is 24.8 Å². The van der Waals surface area contributed by atoms with Crippen molar-refractivity contribution in [1.29, 1.82) is 0 Å². The molecular formula is C23H24N6OS. The van der Waals surface area contributed by atoms with Crippen LogP contribution in [0.1, 0.15) is 16.7 Å². The lowest BCUT2D eigenvalue weighted by Crippen LogP contribution is -2.34. The first-order valence-corrected chi connectivity index (χ1v) is 10.8. The minimum absolute atomic E-state index is 0.0277. The number of hydrogen-bond acceptors (Lipinski definition) is 7. The second-order valence-electron chi connectivity index (χ2n) is 7.32. The quantitative estimate of drug-likeness (QED) is 0.394. The molecule has 0 fully saturated rings. The summed E-state index contributed by atoms with van der Waals surface area (Å²) in [6, 6.07) is 14.0. The molecule has 0 bridgehead atoms. The summed E-state index contributed by atoms with van der Waals surface area (Å²) in [5.74, 6) is 1.21. The number of hydrogen-bond donors (Lipinski definition) is 3. The normalized spacial score (nSPS) is 12.8. The molecule has 7 nitrogen and oxygen atoms in total. The third-order valence-corrected chi connectivity index (χ3v) is 5.69. The molecule has 31 heavy (non-hydrogen) atoms. The van der Waals surface area contributed by atoms with Crippen molar-refractivity contribution in [3.05, 3.63) is 78.0 Å². The molecule has 8 heteroatoms. The average Bonchev–Trinajstić information content (AvgIpc) is 2.80. The zero-order chi connectivity index (χ0) is 21.8. The van der Waals surface area contributed by atoms with Gasteiger partial charge >= 0.3 is 0 Å². The van der Waals surface area contributed by atoms with Gasteiger partial charge in [0.1, 0.15) is 5.82 Å². The van der Waals surface area contributed by atoms with Crippen LogP contribution in [0.4, 0.5) is 23.1 Å². The van der Waals surface area contributed by atoms with Gasteiger partial charge in [-0.15, -0.1) is 0 Å². The van der Waals surface area contributed by atoms with Crippen LogP contribution in [0.15, 0.2) is 66.2 Å². The summed E-state index contributed by atoms with van der Waals surface area (Å²) in [5.41, 5.74) is 5.16. The maximum absolute atomic E-state index is 11.9. The van der Waals surface area contributed by atoms with Gasteiger partial charge in [-0.3, -0.25) is 9.93 Å². The lowest BCUT2D eigenvalue weighted by atomic mass is 9.99. The second-order valence-corrected chi connectivity index (χ2v) is 8.03. The van der Waals surface area contributed by atoms with E-state index in [1.54, 1.807) is 6.20 Å². The standard InChI is InChI=1S/C23H24N6OS/c1-3-21(30)29-10-9-16-11-19(8-7-17(16)14-29)26-22-15(2)13-25-23(28-22)27-18-5-4-6-20(12-18)31-24/h3-8,11-13H,1,9-10,14,24H2,2H3,(H2,25,26,27,28). The SMILES string of the molecule is C=CC(=O)N1CCc2cc(Nc3nc(Nc4cccc(SN)c4)ncc3C)ccc2C1. The topological polar surface area (TPSA) is 96.2 Å². The summed E-state index contributed by atoms with van der Waals surface area (Å²) in [5, 5.41) is 12.3. The molecule has 0 saturated carbocycles. The van der Waals surface area contributed by atoms with E-state index in [0.717, 1.165) is 39.6 Å². The Hall–Kier alpha value is -3.36. The number of anilines is 4. The van der Waals surface area contributed by atoms with Gasteiger partial charge in [0, 0.05) is 41.1 Å². The molecular weight excluding hydrogens is 408 g/mol. The summed E-state index contributed by atoms with van der Waals surface area (Å²) >= 11 is 1.20. The molecule has 0 unspecified atom stereocenters. The number of nitrogens with two attached hydrogens (primary N) is 1. The highest BCUT2D eigenvalue weighted by Crippen LogP contribution is 2.26. The Kier molecular flexibility index (Phi) is 6.20. The highest BCUT2D eigenvalue weighted by Gasteiger charge is 2.19. The number of aromatic nitrogens is 2.